The van der Waals surface area contributed by atoms with Gasteiger partial charge in [-0.1, -0.05) is 20.3 Å². The summed E-state index contributed by atoms with van der Waals surface area (Å²) in [4.78, 5) is 41.4. The van der Waals surface area contributed by atoms with E-state index in [0.717, 1.165) is 56.6 Å². The molecule has 0 fully saturated rings. The van der Waals surface area contributed by atoms with Crippen molar-refractivity contribution in [3.63, 3.8) is 0 Å². The molecule has 1 aromatic carbocycles. The monoisotopic (exact) mass is 468 g/mol. The van der Waals surface area contributed by atoms with Gasteiger partial charge >= 0.3 is 0 Å². The molecule has 2 amide bonds. The summed E-state index contributed by atoms with van der Waals surface area (Å²) in [7, 11) is 0. The van der Waals surface area contributed by atoms with Crippen molar-refractivity contribution in [3.05, 3.63) is 46.0 Å². The van der Waals surface area contributed by atoms with Crippen LogP contribution < -0.4 is 10.6 Å². The maximum atomic E-state index is 14.4. The predicted molar refractivity (Wildman–Crippen MR) is 133 cm³/mol. The second-order valence-electron chi connectivity index (χ2n) is 8.56. The van der Waals surface area contributed by atoms with Crippen molar-refractivity contribution in [1.29, 1.82) is 0 Å². The number of carbonyl (C=O) groups is 3. The molecule has 1 aliphatic rings. The number of aromatic amines is 1. The van der Waals surface area contributed by atoms with Crippen LogP contribution in [-0.2, 0) is 16.0 Å². The number of fused-ring (bicyclic) bond motifs is 1. The average molecular weight is 469 g/mol. The number of amides is 2. The van der Waals surface area contributed by atoms with Gasteiger partial charge < -0.3 is 20.5 Å². The molecule has 0 aliphatic carbocycles. The van der Waals surface area contributed by atoms with Gasteiger partial charge in [0.25, 0.3) is 5.91 Å². The van der Waals surface area contributed by atoms with Gasteiger partial charge in [-0.3, -0.25) is 14.4 Å². The first-order valence-corrected chi connectivity index (χ1v) is 11.8. The molecule has 3 N–H and O–H groups in total. The van der Waals surface area contributed by atoms with E-state index in [4.69, 9.17) is 0 Å². The molecule has 2 heterocycles. The van der Waals surface area contributed by atoms with Gasteiger partial charge in [-0.15, -0.1) is 0 Å². The topological polar surface area (TPSA) is 94.3 Å². The van der Waals surface area contributed by atoms with Gasteiger partial charge in [0.2, 0.25) is 6.41 Å². The summed E-state index contributed by atoms with van der Waals surface area (Å²) in [6.07, 6.45) is 5.92. The Balaban J connectivity index is 1.83. The van der Waals surface area contributed by atoms with Gasteiger partial charge in [0.15, 0.2) is 5.78 Å². The minimum Gasteiger partial charge on any atom is -0.358 e. The van der Waals surface area contributed by atoms with Crippen LogP contribution in [0, 0.1) is 12.7 Å². The summed E-state index contributed by atoms with van der Waals surface area (Å²) >= 11 is 0. The number of anilines is 2. The molecule has 1 aromatic heterocycles. The lowest BCUT2D eigenvalue weighted by molar-refractivity contribution is -0.110. The molecule has 3 rings (SSSR count). The molecule has 0 saturated carbocycles. The highest BCUT2D eigenvalue weighted by molar-refractivity contribution is 6.35. The standard InChI is InChI=1S/C26H33FN4O3/c1-5-31(6-2)11-9-7-8-10-21-25(17(4)33)16(3)22(29-21)13-19-18-12-20(27)24(28-15-32)14-23(18)30-26(19)34/h12-15,29H,5-11H2,1-4H3,(H,28,32)(H,30,34)/b19-13-. The van der Waals surface area contributed by atoms with Crippen molar-refractivity contribution in [3.8, 4) is 0 Å². The smallest absolute Gasteiger partial charge is 0.256 e. The highest BCUT2D eigenvalue weighted by Gasteiger charge is 2.27. The maximum absolute atomic E-state index is 14.4. The van der Waals surface area contributed by atoms with Crippen molar-refractivity contribution in [1.82, 2.24) is 9.88 Å². The fourth-order valence-electron chi connectivity index (χ4n) is 4.52. The first kappa shape index (κ1) is 25.4. The second-order valence-corrected chi connectivity index (χ2v) is 8.56. The zero-order valence-electron chi connectivity index (χ0n) is 20.3. The third-order valence-electron chi connectivity index (χ3n) is 6.41. The van der Waals surface area contributed by atoms with Gasteiger partial charge in [-0.05, 0) is 76.5 Å². The van der Waals surface area contributed by atoms with Crippen LogP contribution in [0.4, 0.5) is 15.8 Å². The molecule has 182 valence electrons. The van der Waals surface area contributed by atoms with E-state index in [2.05, 4.69) is 34.4 Å². The number of hydrogen-bond acceptors (Lipinski definition) is 4. The van der Waals surface area contributed by atoms with Crippen LogP contribution in [0.1, 0.15) is 72.9 Å². The largest absolute Gasteiger partial charge is 0.358 e. The van der Waals surface area contributed by atoms with Crippen LogP contribution in [0.25, 0.3) is 11.6 Å². The molecule has 0 atom stereocenters. The molecule has 34 heavy (non-hydrogen) atoms. The Labute approximate surface area is 199 Å². The van der Waals surface area contributed by atoms with E-state index in [-0.39, 0.29) is 17.4 Å². The second kappa shape index (κ2) is 11.2. The third-order valence-corrected chi connectivity index (χ3v) is 6.41. The first-order valence-electron chi connectivity index (χ1n) is 11.8. The molecule has 1 aliphatic heterocycles. The third kappa shape index (κ3) is 5.44. The van der Waals surface area contributed by atoms with Crippen LogP contribution in [0.15, 0.2) is 12.1 Å². The van der Waals surface area contributed by atoms with E-state index in [1.165, 1.54) is 12.1 Å². The molecule has 0 unspecified atom stereocenters. The van der Waals surface area contributed by atoms with Crippen molar-refractivity contribution in [2.45, 2.75) is 53.4 Å². The molecule has 0 bridgehead atoms. The highest BCUT2D eigenvalue weighted by atomic mass is 19.1. The summed E-state index contributed by atoms with van der Waals surface area (Å²) in [5.41, 5.74) is 4.10. The summed E-state index contributed by atoms with van der Waals surface area (Å²) < 4.78 is 14.4. The highest BCUT2D eigenvalue weighted by Crippen LogP contribution is 2.37. The van der Waals surface area contributed by atoms with Crippen LogP contribution in [0.5, 0.6) is 0 Å². The Bertz CT molecular complexity index is 1120. The van der Waals surface area contributed by atoms with E-state index in [1.807, 2.05) is 6.92 Å². The fourth-order valence-corrected chi connectivity index (χ4v) is 4.52. The maximum Gasteiger partial charge on any atom is 0.256 e. The SMILES string of the molecule is CCN(CC)CCCCCc1[nH]c(/C=C2\C(=O)Nc3cc(NC=O)c(F)cc32)c(C)c1C(C)=O. The quantitative estimate of drug-likeness (QED) is 0.181. The number of halogens is 1. The van der Waals surface area contributed by atoms with E-state index in [0.29, 0.717) is 34.5 Å². The van der Waals surface area contributed by atoms with Crippen molar-refractivity contribution in [2.75, 3.05) is 30.3 Å². The number of H-pyrrole nitrogens is 1. The minimum atomic E-state index is -0.633. The Morgan fingerprint density at radius 2 is 1.91 bits per heavy atom. The zero-order chi connectivity index (χ0) is 24.8. The van der Waals surface area contributed by atoms with E-state index in [9.17, 15) is 18.8 Å². The molecular formula is C26H33FN4O3. The number of Topliss-reactive ketones (excluding diaryl/α,β-unsaturated/α-hetero) is 1. The van der Waals surface area contributed by atoms with Crippen LogP contribution in [0.2, 0.25) is 0 Å². The van der Waals surface area contributed by atoms with E-state index >= 15 is 0 Å². The molecule has 2 aromatic rings. The summed E-state index contributed by atoms with van der Waals surface area (Å²) in [5.74, 6) is -1.02. The molecule has 0 spiro atoms. The number of aromatic nitrogens is 1. The number of unbranched alkanes of at least 4 members (excludes halogenated alkanes) is 2. The number of carbonyl (C=O) groups excluding carboxylic acids is 3. The number of nitrogens with one attached hydrogen (secondary N) is 3. The average Bonchev–Trinajstić information content (AvgIpc) is 3.27. The molecule has 7 nitrogen and oxygen atoms in total. The normalized spacial score (nSPS) is 13.9. The van der Waals surface area contributed by atoms with E-state index in [1.54, 1.807) is 13.0 Å². The lowest BCUT2D eigenvalue weighted by Gasteiger charge is -2.17. The fraction of sp³-hybridized carbons (Fsp3) is 0.423. The number of ketones is 1. The number of hydrogen-bond donors (Lipinski definition) is 3. The lowest BCUT2D eigenvalue weighted by atomic mass is 10.0. The van der Waals surface area contributed by atoms with Crippen molar-refractivity contribution in [2.24, 2.45) is 0 Å². The number of nitrogens with zero attached hydrogens (tertiary/aromatic N) is 1. The Kier molecular flexibility index (Phi) is 8.39. The Morgan fingerprint density at radius 1 is 1.18 bits per heavy atom. The van der Waals surface area contributed by atoms with Crippen LogP contribution in [0.3, 0.4) is 0 Å². The first-order chi connectivity index (χ1) is 16.3. The van der Waals surface area contributed by atoms with Gasteiger partial charge in [0.05, 0.1) is 16.9 Å². The van der Waals surface area contributed by atoms with Gasteiger partial charge in [0, 0.05) is 22.5 Å². The minimum absolute atomic E-state index is 0.00602. The van der Waals surface area contributed by atoms with Gasteiger partial charge in [0.1, 0.15) is 5.82 Å². The summed E-state index contributed by atoms with van der Waals surface area (Å²) in [5, 5.41) is 5.00. The van der Waals surface area contributed by atoms with Gasteiger partial charge in [-0.2, -0.15) is 0 Å². The number of aryl methyl sites for hydroxylation is 1. The molecule has 0 saturated heterocycles. The van der Waals surface area contributed by atoms with Crippen LogP contribution in [-0.4, -0.2) is 47.6 Å². The number of rotatable bonds is 12. The summed E-state index contributed by atoms with van der Waals surface area (Å²) in [6, 6.07) is 2.62. The van der Waals surface area contributed by atoms with Gasteiger partial charge in [-0.25, -0.2) is 4.39 Å². The van der Waals surface area contributed by atoms with Crippen molar-refractivity contribution >= 4 is 41.1 Å². The molecular weight excluding hydrogens is 435 g/mol. The number of benzene rings is 1. The van der Waals surface area contributed by atoms with E-state index < -0.39 is 5.82 Å². The zero-order valence-corrected chi connectivity index (χ0v) is 20.3. The predicted octanol–water partition coefficient (Wildman–Crippen LogP) is 4.78. The van der Waals surface area contributed by atoms with Crippen molar-refractivity contribution < 1.29 is 18.8 Å². The molecule has 0 radical (unpaired) electrons. The summed E-state index contributed by atoms with van der Waals surface area (Å²) in [6.45, 7) is 10.9. The Morgan fingerprint density at radius 3 is 2.56 bits per heavy atom. The molecule has 8 heteroatoms. The lowest BCUT2D eigenvalue weighted by Crippen LogP contribution is -2.23. The van der Waals surface area contributed by atoms with Crippen LogP contribution >= 0.6 is 0 Å². The Hall–Kier alpha value is -3.26.